The molecule has 2 aromatic carbocycles. The summed E-state index contributed by atoms with van der Waals surface area (Å²) in [4.78, 5) is 30.3. The van der Waals surface area contributed by atoms with E-state index in [2.05, 4.69) is 22.4 Å². The minimum absolute atomic E-state index is 0.0332. The lowest BCUT2D eigenvalue weighted by Gasteiger charge is -2.29. The Balaban J connectivity index is 1.59. The first-order valence-electron chi connectivity index (χ1n) is 8.14. The van der Waals surface area contributed by atoms with Crippen molar-refractivity contribution in [3.05, 3.63) is 59.2 Å². The number of nitrogens with one attached hydrogen (secondary N) is 1. The Bertz CT molecular complexity index is 980. The number of carbonyl (C=O) groups is 2. The second-order valence-corrected chi connectivity index (χ2v) is 7.16. The predicted octanol–water partition coefficient (Wildman–Crippen LogP) is 3.45. The van der Waals surface area contributed by atoms with E-state index in [1.54, 1.807) is 0 Å². The molecule has 1 aliphatic rings. The van der Waals surface area contributed by atoms with Crippen LogP contribution in [0.4, 0.5) is 5.13 Å². The Morgan fingerprint density at radius 2 is 1.96 bits per heavy atom. The average molecular weight is 351 g/mol. The highest BCUT2D eigenvalue weighted by Gasteiger charge is 2.22. The summed E-state index contributed by atoms with van der Waals surface area (Å²) >= 11 is 1.38. The highest BCUT2D eigenvalue weighted by atomic mass is 32.1. The van der Waals surface area contributed by atoms with Crippen LogP contribution in [0.1, 0.15) is 28.4 Å². The summed E-state index contributed by atoms with van der Waals surface area (Å²) in [5, 5.41) is 3.25. The molecule has 2 heterocycles. The Kier molecular flexibility index (Phi) is 3.97. The van der Waals surface area contributed by atoms with Crippen molar-refractivity contribution >= 4 is 38.5 Å². The van der Waals surface area contributed by atoms with Crippen molar-refractivity contribution in [1.82, 2.24) is 9.88 Å². The number of carbonyl (C=O) groups excluding carboxylic acids is 2. The van der Waals surface area contributed by atoms with Gasteiger partial charge in [-0.15, -0.1) is 0 Å². The topological polar surface area (TPSA) is 62.3 Å². The van der Waals surface area contributed by atoms with E-state index in [1.807, 2.05) is 35.2 Å². The first-order chi connectivity index (χ1) is 12.1. The first-order valence-corrected chi connectivity index (χ1v) is 8.96. The lowest BCUT2D eigenvalue weighted by Crippen LogP contribution is -2.35. The fraction of sp³-hybridized carbons (Fsp3) is 0.211. The molecule has 4 rings (SSSR count). The molecular formula is C19H17N3O2S. The third kappa shape index (κ3) is 3.13. The van der Waals surface area contributed by atoms with E-state index in [4.69, 9.17) is 0 Å². The second kappa shape index (κ2) is 6.29. The number of thiazole rings is 1. The Labute approximate surface area is 149 Å². The minimum Gasteiger partial charge on any atom is -0.334 e. The van der Waals surface area contributed by atoms with Gasteiger partial charge in [0.15, 0.2) is 5.13 Å². The molecule has 25 heavy (non-hydrogen) atoms. The summed E-state index contributed by atoms with van der Waals surface area (Å²) in [6, 6.07) is 13.8. The van der Waals surface area contributed by atoms with Crippen LogP contribution in [0, 0.1) is 0 Å². The summed E-state index contributed by atoms with van der Waals surface area (Å²) in [6.45, 7) is 2.83. The van der Waals surface area contributed by atoms with E-state index in [1.165, 1.54) is 29.4 Å². The van der Waals surface area contributed by atoms with E-state index in [9.17, 15) is 9.59 Å². The van der Waals surface area contributed by atoms with Crippen molar-refractivity contribution in [2.24, 2.45) is 0 Å². The fourth-order valence-electron chi connectivity index (χ4n) is 3.11. The number of aromatic nitrogens is 1. The third-order valence-electron chi connectivity index (χ3n) is 4.34. The van der Waals surface area contributed by atoms with E-state index in [-0.39, 0.29) is 11.8 Å². The van der Waals surface area contributed by atoms with Crippen molar-refractivity contribution < 1.29 is 9.59 Å². The maximum atomic E-state index is 12.9. The maximum Gasteiger partial charge on any atom is 0.254 e. The van der Waals surface area contributed by atoms with Gasteiger partial charge in [0.05, 0.1) is 10.2 Å². The van der Waals surface area contributed by atoms with Gasteiger partial charge in [0, 0.05) is 25.6 Å². The lowest BCUT2D eigenvalue weighted by atomic mass is 9.99. The van der Waals surface area contributed by atoms with Gasteiger partial charge in [0.1, 0.15) is 0 Å². The van der Waals surface area contributed by atoms with Gasteiger partial charge < -0.3 is 10.2 Å². The number of amides is 2. The molecule has 0 spiro atoms. The monoisotopic (exact) mass is 351 g/mol. The summed E-state index contributed by atoms with van der Waals surface area (Å²) in [5.74, 6) is -0.117. The maximum absolute atomic E-state index is 12.9. The Morgan fingerprint density at radius 1 is 1.16 bits per heavy atom. The average Bonchev–Trinajstić information content (AvgIpc) is 3.01. The molecule has 1 aromatic heterocycles. The van der Waals surface area contributed by atoms with Gasteiger partial charge in [-0.2, -0.15) is 0 Å². The number of rotatable bonds is 2. The molecule has 1 N–H and O–H groups in total. The highest BCUT2D eigenvalue weighted by Crippen LogP contribution is 2.28. The van der Waals surface area contributed by atoms with Crippen LogP contribution in [-0.4, -0.2) is 28.2 Å². The minimum atomic E-state index is -0.151. The number of hydrogen-bond donors (Lipinski definition) is 1. The fourth-order valence-corrected chi connectivity index (χ4v) is 4.06. The van der Waals surface area contributed by atoms with E-state index < -0.39 is 0 Å². The number of nitrogens with zero attached hydrogens (tertiary/aromatic N) is 2. The molecule has 1 aliphatic heterocycles. The van der Waals surface area contributed by atoms with Crippen LogP contribution < -0.4 is 5.32 Å². The van der Waals surface area contributed by atoms with E-state index >= 15 is 0 Å². The van der Waals surface area contributed by atoms with E-state index in [0.717, 1.165) is 23.2 Å². The molecule has 3 aromatic rings. The van der Waals surface area contributed by atoms with Crippen LogP contribution in [0.3, 0.4) is 0 Å². The summed E-state index contributed by atoms with van der Waals surface area (Å²) in [7, 11) is 0. The number of benzene rings is 2. The number of fused-ring (bicyclic) bond motifs is 2. The van der Waals surface area contributed by atoms with Crippen molar-refractivity contribution in [3.8, 4) is 0 Å². The molecule has 126 valence electrons. The van der Waals surface area contributed by atoms with Crippen molar-refractivity contribution in [3.63, 3.8) is 0 Å². The van der Waals surface area contributed by atoms with Gasteiger partial charge in [-0.3, -0.25) is 9.59 Å². The molecule has 0 atom stereocenters. The van der Waals surface area contributed by atoms with Crippen LogP contribution in [0.25, 0.3) is 10.2 Å². The van der Waals surface area contributed by atoms with Gasteiger partial charge >= 0.3 is 0 Å². The molecule has 0 saturated heterocycles. The zero-order valence-corrected chi connectivity index (χ0v) is 14.6. The summed E-state index contributed by atoms with van der Waals surface area (Å²) in [6.07, 6.45) is 0.886. The Hall–Kier alpha value is -2.73. The lowest BCUT2D eigenvalue weighted by molar-refractivity contribution is -0.114. The number of anilines is 1. The number of hydrogen-bond acceptors (Lipinski definition) is 4. The smallest absolute Gasteiger partial charge is 0.254 e. The van der Waals surface area contributed by atoms with Crippen LogP contribution in [-0.2, 0) is 17.8 Å². The summed E-state index contributed by atoms with van der Waals surface area (Å²) in [5.41, 5.74) is 3.98. The van der Waals surface area contributed by atoms with Gasteiger partial charge in [0.25, 0.3) is 5.91 Å². The van der Waals surface area contributed by atoms with Crippen LogP contribution in [0.15, 0.2) is 42.5 Å². The zero-order chi connectivity index (χ0) is 17.4. The molecule has 0 radical (unpaired) electrons. The van der Waals surface area contributed by atoms with Gasteiger partial charge in [-0.1, -0.05) is 35.6 Å². The van der Waals surface area contributed by atoms with Crippen molar-refractivity contribution in [2.45, 2.75) is 19.9 Å². The predicted molar refractivity (Wildman–Crippen MR) is 98.8 cm³/mol. The summed E-state index contributed by atoms with van der Waals surface area (Å²) < 4.78 is 0.895. The molecule has 0 unspecified atom stereocenters. The van der Waals surface area contributed by atoms with Gasteiger partial charge in [0.2, 0.25) is 5.91 Å². The SMILES string of the molecule is CC(=O)Nc1nc2ccc(C(=O)N3CCc4ccccc4C3)cc2s1. The quantitative estimate of drug-likeness (QED) is 0.769. The standard InChI is InChI=1S/C19H17N3O2S/c1-12(23)20-19-21-16-7-6-14(10-17(16)25-19)18(24)22-9-8-13-4-2-3-5-15(13)11-22/h2-7,10H,8-9,11H2,1H3,(H,20,21,23). The molecular weight excluding hydrogens is 334 g/mol. The molecule has 0 bridgehead atoms. The van der Waals surface area contributed by atoms with Crippen LogP contribution >= 0.6 is 11.3 Å². The van der Waals surface area contributed by atoms with Crippen LogP contribution in [0.2, 0.25) is 0 Å². The van der Waals surface area contributed by atoms with Gasteiger partial charge in [-0.25, -0.2) is 4.98 Å². The molecule has 0 aliphatic carbocycles. The normalized spacial score (nSPS) is 13.6. The Morgan fingerprint density at radius 3 is 2.76 bits per heavy atom. The van der Waals surface area contributed by atoms with Crippen molar-refractivity contribution in [1.29, 1.82) is 0 Å². The molecule has 0 fully saturated rings. The first kappa shape index (κ1) is 15.8. The third-order valence-corrected chi connectivity index (χ3v) is 5.27. The second-order valence-electron chi connectivity index (χ2n) is 6.13. The molecule has 5 nitrogen and oxygen atoms in total. The van der Waals surface area contributed by atoms with Crippen molar-refractivity contribution in [2.75, 3.05) is 11.9 Å². The zero-order valence-electron chi connectivity index (χ0n) is 13.8. The molecule has 0 saturated carbocycles. The van der Waals surface area contributed by atoms with E-state index in [0.29, 0.717) is 17.2 Å². The molecule has 6 heteroatoms. The largest absolute Gasteiger partial charge is 0.334 e. The molecule has 2 amide bonds. The highest BCUT2D eigenvalue weighted by molar-refractivity contribution is 7.22. The van der Waals surface area contributed by atoms with Gasteiger partial charge in [-0.05, 0) is 35.7 Å². The van der Waals surface area contributed by atoms with Crippen LogP contribution in [0.5, 0.6) is 0 Å².